The first-order chi connectivity index (χ1) is 9.10. The average Bonchev–Trinajstić information content (AvgIpc) is 2.45. The Labute approximate surface area is 116 Å². The van der Waals surface area contributed by atoms with E-state index in [2.05, 4.69) is 43.5 Å². The highest BCUT2D eigenvalue weighted by Crippen LogP contribution is 2.11. The Kier molecular flexibility index (Phi) is 6.40. The zero-order chi connectivity index (χ0) is 14.3. The predicted molar refractivity (Wildman–Crippen MR) is 81.4 cm³/mol. The topological polar surface area (TPSA) is 41.1 Å². The van der Waals surface area contributed by atoms with E-state index in [-0.39, 0.29) is 18.0 Å². The van der Waals surface area contributed by atoms with Crippen LogP contribution in [0.15, 0.2) is 24.3 Å². The standard InChI is InChI=1S/C16H26N2O/c1-5-13-8-10-15(11-9-13)17-12(4)16(19)18-14(6-2)7-3/h8-12,14,17H,5-7H2,1-4H3,(H,18,19). The number of aryl methyl sites for hydroxylation is 1. The maximum atomic E-state index is 12.0. The molecule has 0 bridgehead atoms. The van der Waals surface area contributed by atoms with E-state index in [0.717, 1.165) is 24.9 Å². The molecule has 0 spiro atoms. The maximum Gasteiger partial charge on any atom is 0.242 e. The molecule has 0 aromatic heterocycles. The summed E-state index contributed by atoms with van der Waals surface area (Å²) in [6.45, 7) is 8.21. The van der Waals surface area contributed by atoms with Crippen molar-refractivity contribution in [2.45, 2.75) is 59.0 Å². The normalized spacial score (nSPS) is 12.3. The second-order valence-corrected chi connectivity index (χ2v) is 4.94. The first-order valence-electron chi connectivity index (χ1n) is 7.26. The Morgan fingerprint density at radius 2 is 1.68 bits per heavy atom. The van der Waals surface area contributed by atoms with Gasteiger partial charge in [0.1, 0.15) is 6.04 Å². The maximum absolute atomic E-state index is 12.0. The van der Waals surface area contributed by atoms with Gasteiger partial charge in [-0.25, -0.2) is 0 Å². The third kappa shape index (κ3) is 4.93. The number of benzene rings is 1. The molecule has 19 heavy (non-hydrogen) atoms. The van der Waals surface area contributed by atoms with Gasteiger partial charge in [-0.3, -0.25) is 4.79 Å². The molecule has 1 aromatic rings. The third-order valence-corrected chi connectivity index (χ3v) is 3.47. The van der Waals surface area contributed by atoms with Crippen molar-refractivity contribution in [3.8, 4) is 0 Å². The molecule has 3 nitrogen and oxygen atoms in total. The number of rotatable bonds is 7. The van der Waals surface area contributed by atoms with Gasteiger partial charge in [0, 0.05) is 11.7 Å². The molecule has 1 unspecified atom stereocenters. The fraction of sp³-hybridized carbons (Fsp3) is 0.562. The predicted octanol–water partition coefficient (Wildman–Crippen LogP) is 3.35. The minimum absolute atomic E-state index is 0.0632. The lowest BCUT2D eigenvalue weighted by atomic mass is 10.1. The molecule has 3 heteroatoms. The Bertz CT molecular complexity index is 382. The monoisotopic (exact) mass is 262 g/mol. The highest BCUT2D eigenvalue weighted by Gasteiger charge is 2.15. The summed E-state index contributed by atoms with van der Waals surface area (Å²) in [6.07, 6.45) is 2.98. The number of carbonyl (C=O) groups excluding carboxylic acids is 1. The number of amides is 1. The second kappa shape index (κ2) is 7.82. The summed E-state index contributed by atoms with van der Waals surface area (Å²) >= 11 is 0. The summed E-state index contributed by atoms with van der Waals surface area (Å²) in [5.41, 5.74) is 2.30. The molecule has 1 atom stereocenters. The van der Waals surface area contributed by atoms with E-state index in [4.69, 9.17) is 0 Å². The Morgan fingerprint density at radius 1 is 1.11 bits per heavy atom. The lowest BCUT2D eigenvalue weighted by Crippen LogP contribution is -2.42. The van der Waals surface area contributed by atoms with E-state index >= 15 is 0 Å². The number of hydrogen-bond acceptors (Lipinski definition) is 2. The minimum Gasteiger partial charge on any atom is -0.374 e. The van der Waals surface area contributed by atoms with Gasteiger partial charge in [0.2, 0.25) is 5.91 Å². The molecule has 1 aromatic carbocycles. The van der Waals surface area contributed by atoms with E-state index in [1.807, 2.05) is 19.1 Å². The van der Waals surface area contributed by atoms with Gasteiger partial charge in [0.15, 0.2) is 0 Å². The molecule has 0 heterocycles. The summed E-state index contributed by atoms with van der Waals surface area (Å²) in [7, 11) is 0. The molecule has 0 radical (unpaired) electrons. The molecule has 1 rings (SSSR count). The van der Waals surface area contributed by atoms with Crippen molar-refractivity contribution in [2.24, 2.45) is 0 Å². The van der Waals surface area contributed by atoms with Crippen molar-refractivity contribution in [1.82, 2.24) is 5.32 Å². The summed E-state index contributed by atoms with van der Waals surface area (Å²) in [5.74, 6) is 0.0632. The largest absolute Gasteiger partial charge is 0.374 e. The van der Waals surface area contributed by atoms with Crippen LogP contribution >= 0.6 is 0 Å². The van der Waals surface area contributed by atoms with Gasteiger partial charge in [0.25, 0.3) is 0 Å². The van der Waals surface area contributed by atoms with Gasteiger partial charge < -0.3 is 10.6 Å². The van der Waals surface area contributed by atoms with Crippen molar-refractivity contribution in [2.75, 3.05) is 5.32 Å². The zero-order valence-electron chi connectivity index (χ0n) is 12.5. The SMILES string of the molecule is CCc1ccc(NC(C)C(=O)NC(CC)CC)cc1. The number of anilines is 1. The highest BCUT2D eigenvalue weighted by molar-refractivity contribution is 5.84. The molecule has 0 saturated heterocycles. The Balaban J connectivity index is 2.53. The van der Waals surface area contributed by atoms with Crippen LogP contribution in [0, 0.1) is 0 Å². The van der Waals surface area contributed by atoms with Crippen LogP contribution < -0.4 is 10.6 Å². The van der Waals surface area contributed by atoms with Gasteiger partial charge in [-0.15, -0.1) is 0 Å². The van der Waals surface area contributed by atoms with Crippen LogP contribution in [0.5, 0.6) is 0 Å². The fourth-order valence-corrected chi connectivity index (χ4v) is 1.97. The molecular weight excluding hydrogens is 236 g/mol. The molecule has 1 amide bonds. The smallest absolute Gasteiger partial charge is 0.242 e. The molecule has 0 saturated carbocycles. The lowest BCUT2D eigenvalue weighted by Gasteiger charge is -2.20. The van der Waals surface area contributed by atoms with Crippen molar-refractivity contribution in [3.63, 3.8) is 0 Å². The van der Waals surface area contributed by atoms with Crippen LogP contribution in [0.2, 0.25) is 0 Å². The summed E-state index contributed by atoms with van der Waals surface area (Å²) < 4.78 is 0. The number of nitrogens with one attached hydrogen (secondary N) is 2. The molecule has 0 aliphatic heterocycles. The van der Waals surface area contributed by atoms with Crippen LogP contribution in [-0.4, -0.2) is 18.0 Å². The fourth-order valence-electron chi connectivity index (χ4n) is 1.97. The van der Waals surface area contributed by atoms with Gasteiger partial charge in [-0.2, -0.15) is 0 Å². The molecular formula is C16H26N2O. The quantitative estimate of drug-likeness (QED) is 0.791. The first kappa shape index (κ1) is 15.5. The number of carbonyl (C=O) groups is 1. The van der Waals surface area contributed by atoms with Crippen molar-refractivity contribution < 1.29 is 4.79 Å². The van der Waals surface area contributed by atoms with Gasteiger partial charge in [-0.1, -0.05) is 32.9 Å². The first-order valence-corrected chi connectivity index (χ1v) is 7.26. The van der Waals surface area contributed by atoms with E-state index < -0.39 is 0 Å². The molecule has 106 valence electrons. The average molecular weight is 262 g/mol. The van der Waals surface area contributed by atoms with Crippen LogP contribution in [0.4, 0.5) is 5.69 Å². The summed E-state index contributed by atoms with van der Waals surface area (Å²) in [6, 6.07) is 8.30. The van der Waals surface area contributed by atoms with Crippen molar-refractivity contribution >= 4 is 11.6 Å². The Hall–Kier alpha value is -1.51. The molecule has 0 fully saturated rings. The highest BCUT2D eigenvalue weighted by atomic mass is 16.2. The van der Waals surface area contributed by atoms with Crippen LogP contribution in [0.3, 0.4) is 0 Å². The van der Waals surface area contributed by atoms with Crippen molar-refractivity contribution in [3.05, 3.63) is 29.8 Å². The van der Waals surface area contributed by atoms with E-state index in [9.17, 15) is 4.79 Å². The summed E-state index contributed by atoms with van der Waals surface area (Å²) in [5, 5.41) is 6.29. The second-order valence-electron chi connectivity index (χ2n) is 4.94. The van der Waals surface area contributed by atoms with Crippen molar-refractivity contribution in [1.29, 1.82) is 0 Å². The summed E-state index contributed by atoms with van der Waals surface area (Å²) in [4.78, 5) is 12.0. The van der Waals surface area contributed by atoms with Gasteiger partial charge in [-0.05, 0) is 43.9 Å². The minimum atomic E-state index is -0.215. The van der Waals surface area contributed by atoms with Gasteiger partial charge in [0.05, 0.1) is 0 Å². The Morgan fingerprint density at radius 3 is 2.16 bits per heavy atom. The molecule has 2 N–H and O–H groups in total. The van der Waals surface area contributed by atoms with E-state index in [1.54, 1.807) is 0 Å². The van der Waals surface area contributed by atoms with E-state index in [1.165, 1.54) is 5.56 Å². The molecule has 0 aliphatic rings. The third-order valence-electron chi connectivity index (χ3n) is 3.47. The molecule has 0 aliphatic carbocycles. The van der Waals surface area contributed by atoms with Gasteiger partial charge >= 0.3 is 0 Å². The zero-order valence-corrected chi connectivity index (χ0v) is 12.5. The van der Waals surface area contributed by atoms with Crippen LogP contribution in [0.25, 0.3) is 0 Å². The van der Waals surface area contributed by atoms with Crippen LogP contribution in [-0.2, 0) is 11.2 Å². The lowest BCUT2D eigenvalue weighted by molar-refractivity contribution is -0.122. The van der Waals surface area contributed by atoms with E-state index in [0.29, 0.717) is 0 Å². The van der Waals surface area contributed by atoms with Crippen LogP contribution in [0.1, 0.15) is 46.1 Å². The number of hydrogen-bond donors (Lipinski definition) is 2.